The van der Waals surface area contributed by atoms with E-state index in [0.717, 1.165) is 11.6 Å². The molecule has 0 unspecified atom stereocenters. The van der Waals surface area contributed by atoms with Crippen molar-refractivity contribution in [3.8, 4) is 0 Å². The maximum absolute atomic E-state index is 4.64. The zero-order valence-corrected chi connectivity index (χ0v) is 10.2. The van der Waals surface area contributed by atoms with Crippen LogP contribution in [0.3, 0.4) is 0 Å². The van der Waals surface area contributed by atoms with Crippen LogP contribution in [-0.4, -0.2) is 50.6 Å². The van der Waals surface area contributed by atoms with E-state index < -0.39 is 0 Å². The lowest BCUT2D eigenvalue weighted by Crippen LogP contribution is -2.48. The summed E-state index contributed by atoms with van der Waals surface area (Å²) in [4.78, 5) is 6.69. The second-order valence-corrected chi connectivity index (χ2v) is 4.65. The number of benzene rings is 1. The van der Waals surface area contributed by atoms with Crippen molar-refractivity contribution in [1.82, 2.24) is 4.90 Å². The summed E-state index contributed by atoms with van der Waals surface area (Å²) in [6, 6.07) is 10.0. The fraction of sp³-hybridized carbons (Fsp3) is 0.417. The molecule has 0 aliphatic heterocycles. The van der Waals surface area contributed by atoms with Gasteiger partial charge in [0.15, 0.2) is 0 Å². The topological polar surface area (TPSA) is 15.6 Å². The zero-order chi connectivity index (χ0) is 11.5. The second-order valence-electron chi connectivity index (χ2n) is 4.65. The van der Waals surface area contributed by atoms with E-state index in [1.807, 2.05) is 49.3 Å². The highest BCUT2D eigenvalue weighted by molar-refractivity contribution is 5.75. The number of rotatable bonds is 1. The van der Waals surface area contributed by atoms with Crippen LogP contribution in [0.4, 0.5) is 5.69 Å². The summed E-state index contributed by atoms with van der Waals surface area (Å²) in [6.45, 7) is 0. The summed E-state index contributed by atoms with van der Waals surface area (Å²) in [5.74, 6) is 1.03. The van der Waals surface area contributed by atoms with Gasteiger partial charge in [-0.15, -0.1) is 0 Å². The number of guanidine groups is 1. The van der Waals surface area contributed by atoms with Crippen LogP contribution in [-0.2, 0) is 0 Å². The third-order valence-electron chi connectivity index (χ3n) is 1.99. The van der Waals surface area contributed by atoms with Gasteiger partial charge in [0, 0.05) is 14.1 Å². The van der Waals surface area contributed by atoms with Gasteiger partial charge >= 0.3 is 5.96 Å². The van der Waals surface area contributed by atoms with Gasteiger partial charge in [-0.2, -0.15) is 4.99 Å². The van der Waals surface area contributed by atoms with Crippen LogP contribution >= 0.6 is 0 Å². The molecule has 0 radical (unpaired) electrons. The summed E-state index contributed by atoms with van der Waals surface area (Å²) >= 11 is 0. The summed E-state index contributed by atoms with van der Waals surface area (Å²) in [5.41, 5.74) is 0.995. The van der Waals surface area contributed by atoms with E-state index in [4.69, 9.17) is 0 Å². The Morgan fingerprint density at radius 1 is 1.07 bits per heavy atom. The first kappa shape index (κ1) is 11.7. The molecule has 0 aromatic heterocycles. The minimum absolute atomic E-state index is 0.710. The largest absolute Gasteiger partial charge is 0.317 e. The first-order valence-corrected chi connectivity index (χ1v) is 5.04. The molecule has 0 fully saturated rings. The third kappa shape index (κ3) is 3.36. The number of hydrogen-bond acceptors (Lipinski definition) is 1. The normalized spacial score (nSPS) is 12.7. The Kier molecular flexibility index (Phi) is 3.48. The molecule has 1 aromatic carbocycles. The van der Waals surface area contributed by atoms with Gasteiger partial charge in [-0.1, -0.05) is 18.2 Å². The third-order valence-corrected chi connectivity index (χ3v) is 1.99. The average molecular weight is 206 g/mol. The van der Waals surface area contributed by atoms with Gasteiger partial charge in [-0.25, -0.2) is 0 Å². The summed E-state index contributed by atoms with van der Waals surface area (Å²) < 4.78 is 0.710. The maximum atomic E-state index is 4.64. The van der Waals surface area contributed by atoms with Crippen LogP contribution in [0.15, 0.2) is 35.3 Å². The van der Waals surface area contributed by atoms with E-state index in [-0.39, 0.29) is 0 Å². The van der Waals surface area contributed by atoms with E-state index in [2.05, 4.69) is 26.1 Å². The minimum Gasteiger partial charge on any atom is -0.317 e. The predicted octanol–water partition coefficient (Wildman–Crippen LogP) is 1.94. The molecule has 15 heavy (non-hydrogen) atoms. The zero-order valence-electron chi connectivity index (χ0n) is 10.2. The second kappa shape index (κ2) is 4.45. The molecule has 82 valence electrons. The quantitative estimate of drug-likeness (QED) is 0.389. The lowest BCUT2D eigenvalue weighted by molar-refractivity contribution is -0.782. The Labute approximate surface area is 92.2 Å². The molecule has 0 aliphatic rings. The molecule has 1 aromatic rings. The van der Waals surface area contributed by atoms with Crippen LogP contribution in [0.5, 0.6) is 0 Å². The SMILES string of the molecule is CN(C)C(=Nc1ccccc1)[N+](C)(C)C. The average Bonchev–Trinajstić information content (AvgIpc) is 2.13. The first-order valence-electron chi connectivity index (χ1n) is 5.04. The standard InChI is InChI=1S/C12H20N3/c1-14(2)12(15(3,4)5)13-11-9-7-6-8-10-11/h6-10H,1-5H3/q+1. The van der Waals surface area contributed by atoms with Crippen LogP contribution < -0.4 is 0 Å². The molecule has 0 saturated heterocycles. The number of quaternary nitrogens is 1. The number of nitrogens with zero attached hydrogens (tertiary/aromatic N) is 3. The molecule has 0 heterocycles. The van der Waals surface area contributed by atoms with E-state index in [1.54, 1.807) is 0 Å². The monoisotopic (exact) mass is 206 g/mol. The van der Waals surface area contributed by atoms with Crippen molar-refractivity contribution in [2.24, 2.45) is 4.99 Å². The Morgan fingerprint density at radius 3 is 2.00 bits per heavy atom. The van der Waals surface area contributed by atoms with Crippen molar-refractivity contribution < 1.29 is 4.48 Å². The van der Waals surface area contributed by atoms with Crippen LogP contribution in [0.1, 0.15) is 0 Å². The highest BCUT2D eigenvalue weighted by atomic mass is 15.4. The fourth-order valence-electron chi connectivity index (χ4n) is 1.47. The predicted molar refractivity (Wildman–Crippen MR) is 65.3 cm³/mol. The molecule has 0 aliphatic carbocycles. The van der Waals surface area contributed by atoms with Gasteiger partial charge in [-0.05, 0) is 12.1 Å². The number of para-hydroxylation sites is 1. The molecule has 0 atom stereocenters. The van der Waals surface area contributed by atoms with Gasteiger partial charge < -0.3 is 4.90 Å². The molecule has 0 N–H and O–H groups in total. The Balaban J connectivity index is 3.06. The highest BCUT2D eigenvalue weighted by Crippen LogP contribution is 2.12. The first-order chi connectivity index (χ1) is 6.91. The van der Waals surface area contributed by atoms with Crippen LogP contribution in [0, 0.1) is 0 Å². The molecular formula is C12H20N3+. The number of hydrogen-bond donors (Lipinski definition) is 0. The van der Waals surface area contributed by atoms with Crippen molar-refractivity contribution in [1.29, 1.82) is 0 Å². The molecular weight excluding hydrogens is 186 g/mol. The van der Waals surface area contributed by atoms with Crippen LogP contribution in [0.2, 0.25) is 0 Å². The van der Waals surface area contributed by atoms with Crippen molar-refractivity contribution in [2.45, 2.75) is 0 Å². The minimum atomic E-state index is 0.710. The summed E-state index contributed by atoms with van der Waals surface area (Å²) in [5, 5.41) is 0. The van der Waals surface area contributed by atoms with Crippen molar-refractivity contribution in [2.75, 3.05) is 35.2 Å². The van der Waals surface area contributed by atoms with Gasteiger partial charge in [0.25, 0.3) is 0 Å². The number of aliphatic imine (C=N–C) groups is 1. The molecule has 0 spiro atoms. The van der Waals surface area contributed by atoms with Gasteiger partial charge in [0.1, 0.15) is 0 Å². The summed E-state index contributed by atoms with van der Waals surface area (Å²) in [7, 11) is 10.4. The summed E-state index contributed by atoms with van der Waals surface area (Å²) in [6.07, 6.45) is 0. The van der Waals surface area contributed by atoms with Crippen LogP contribution in [0.25, 0.3) is 0 Å². The molecule has 3 nitrogen and oxygen atoms in total. The maximum Gasteiger partial charge on any atom is 0.304 e. The Bertz CT molecular complexity index is 334. The van der Waals surface area contributed by atoms with Gasteiger partial charge in [0.2, 0.25) is 0 Å². The molecule has 0 saturated carbocycles. The van der Waals surface area contributed by atoms with E-state index in [1.165, 1.54) is 0 Å². The van der Waals surface area contributed by atoms with Crippen molar-refractivity contribution >= 4 is 11.6 Å². The van der Waals surface area contributed by atoms with Crippen molar-refractivity contribution in [3.63, 3.8) is 0 Å². The molecule has 3 heteroatoms. The van der Waals surface area contributed by atoms with E-state index >= 15 is 0 Å². The van der Waals surface area contributed by atoms with Gasteiger partial charge in [-0.3, -0.25) is 4.48 Å². The van der Waals surface area contributed by atoms with E-state index in [0.29, 0.717) is 4.48 Å². The van der Waals surface area contributed by atoms with Gasteiger partial charge in [0.05, 0.1) is 26.8 Å². The Morgan fingerprint density at radius 2 is 1.60 bits per heavy atom. The lowest BCUT2D eigenvalue weighted by Gasteiger charge is -2.28. The fourth-order valence-corrected chi connectivity index (χ4v) is 1.47. The molecule has 0 bridgehead atoms. The molecule has 0 amide bonds. The highest BCUT2D eigenvalue weighted by Gasteiger charge is 2.20. The van der Waals surface area contributed by atoms with Crippen molar-refractivity contribution in [3.05, 3.63) is 30.3 Å². The molecule has 1 rings (SSSR count). The van der Waals surface area contributed by atoms with E-state index in [9.17, 15) is 0 Å². The smallest absolute Gasteiger partial charge is 0.304 e. The Hall–Kier alpha value is -1.35. The lowest BCUT2D eigenvalue weighted by atomic mass is 10.3.